The summed E-state index contributed by atoms with van der Waals surface area (Å²) in [5.41, 5.74) is 3.17. The van der Waals surface area contributed by atoms with E-state index in [-0.39, 0.29) is 39.1 Å². The molecule has 0 radical (unpaired) electrons. The molecule has 5 aliphatic rings. The van der Waals surface area contributed by atoms with Crippen molar-refractivity contribution in [2.24, 2.45) is 50.2 Å². The van der Waals surface area contributed by atoms with E-state index in [2.05, 4.69) is 84.9 Å². The maximum atomic E-state index is 12.9. The quantitative estimate of drug-likeness (QED) is 0.383. The molecule has 4 saturated carbocycles. The Balaban J connectivity index is 1.31. The Bertz CT molecular complexity index is 1180. The summed E-state index contributed by atoms with van der Waals surface area (Å²) in [4.78, 5) is 12.9. The van der Waals surface area contributed by atoms with Crippen molar-refractivity contribution in [2.45, 2.75) is 125 Å². The van der Waals surface area contributed by atoms with Gasteiger partial charge in [0.1, 0.15) is 0 Å². The van der Waals surface area contributed by atoms with Gasteiger partial charge in [-0.3, -0.25) is 4.79 Å². The lowest BCUT2D eigenvalue weighted by molar-refractivity contribution is -0.214. The van der Waals surface area contributed by atoms with Gasteiger partial charge >= 0.3 is 5.97 Å². The molecule has 0 heterocycles. The summed E-state index contributed by atoms with van der Waals surface area (Å²) in [6.45, 7) is 18.2. The smallest absolute Gasteiger partial charge is 0.310 e. The number of allylic oxidation sites excluding steroid dienone is 2. The molecular weight excluding hydrogens is 492 g/mol. The Labute approximate surface area is 243 Å². The molecule has 8 atom stereocenters. The largest absolute Gasteiger partial charge is 0.481 e. The van der Waals surface area contributed by atoms with E-state index in [1.165, 1.54) is 30.4 Å². The van der Waals surface area contributed by atoms with Crippen LogP contribution >= 0.6 is 0 Å². The number of rotatable bonds is 4. The lowest BCUT2D eigenvalue weighted by Crippen LogP contribution is -2.65. The summed E-state index contributed by atoms with van der Waals surface area (Å²) in [6, 6.07) is 10.6. The minimum absolute atomic E-state index is 0.0890. The minimum Gasteiger partial charge on any atom is -0.481 e. The Morgan fingerprint density at radius 3 is 2.27 bits per heavy atom. The predicted molar refractivity (Wildman–Crippen MR) is 162 cm³/mol. The van der Waals surface area contributed by atoms with Crippen molar-refractivity contribution in [1.29, 1.82) is 0 Å². The molecule has 0 spiro atoms. The van der Waals surface area contributed by atoms with Gasteiger partial charge in [0.15, 0.2) is 0 Å². The third-order valence-corrected chi connectivity index (χ3v) is 14.3. The van der Waals surface area contributed by atoms with Crippen molar-refractivity contribution in [3.8, 4) is 0 Å². The average Bonchev–Trinajstić information content (AvgIpc) is 2.88. The normalized spacial score (nSPS) is 45.2. The van der Waals surface area contributed by atoms with Gasteiger partial charge < -0.3 is 9.84 Å². The van der Waals surface area contributed by atoms with Crippen LogP contribution in [0.1, 0.15) is 118 Å². The van der Waals surface area contributed by atoms with Crippen LogP contribution in [0.5, 0.6) is 0 Å². The molecule has 1 aromatic rings. The van der Waals surface area contributed by atoms with Crippen LogP contribution in [0, 0.1) is 50.2 Å². The van der Waals surface area contributed by atoms with Crippen LogP contribution in [-0.2, 0) is 16.1 Å². The van der Waals surface area contributed by atoms with Crippen LogP contribution < -0.4 is 0 Å². The van der Waals surface area contributed by atoms with Crippen molar-refractivity contribution in [3.05, 3.63) is 47.5 Å². The standard InChI is InChI=1S/C37H54O3/c1-32(2)19-21-37(31(38)39)22-20-35(6)26(27(37)23-32)13-14-29-34(5)17-16-30(40-24-25-11-9-8-10-12-25)33(3,4)28(34)15-18-36(29,35)7/h8-13,27-30H,14-24H2,1-7H3,(H,38,39)/t27-,28+,29+,30+,34+,35-,36-,37+/m1/s1. The molecule has 0 aliphatic heterocycles. The Morgan fingerprint density at radius 1 is 0.875 bits per heavy atom. The maximum absolute atomic E-state index is 12.9. The Morgan fingerprint density at radius 2 is 1.57 bits per heavy atom. The number of carboxylic acids is 1. The molecule has 4 fully saturated rings. The van der Waals surface area contributed by atoms with Crippen molar-refractivity contribution in [1.82, 2.24) is 0 Å². The van der Waals surface area contributed by atoms with Gasteiger partial charge in [-0.1, -0.05) is 90.4 Å². The molecule has 0 aromatic heterocycles. The van der Waals surface area contributed by atoms with E-state index < -0.39 is 11.4 Å². The third kappa shape index (κ3) is 3.88. The maximum Gasteiger partial charge on any atom is 0.310 e. The van der Waals surface area contributed by atoms with E-state index in [4.69, 9.17) is 4.74 Å². The zero-order valence-corrected chi connectivity index (χ0v) is 26.3. The first-order valence-corrected chi connectivity index (χ1v) is 16.3. The minimum atomic E-state index is -0.554. The van der Waals surface area contributed by atoms with Crippen molar-refractivity contribution >= 4 is 5.97 Å². The summed E-state index contributed by atoms with van der Waals surface area (Å²) >= 11 is 0. The summed E-state index contributed by atoms with van der Waals surface area (Å²) in [5.74, 6) is 0.932. The lowest BCUT2D eigenvalue weighted by atomic mass is 9.33. The highest BCUT2D eigenvalue weighted by molar-refractivity contribution is 5.76. The van der Waals surface area contributed by atoms with Gasteiger partial charge in [0, 0.05) is 0 Å². The predicted octanol–water partition coefficient (Wildman–Crippen LogP) is 9.46. The SMILES string of the molecule is CC1(C)CC[C@]2(C(=O)O)CC[C@]3(C)C(=CC[C@H]4[C@@]5(C)CC[C@H](OCc6ccccc6)C(C)(C)[C@@H]5CC[C@]43C)[C@H]2C1. The number of hydrogen-bond acceptors (Lipinski definition) is 2. The summed E-state index contributed by atoms with van der Waals surface area (Å²) in [5, 5.41) is 10.6. The zero-order valence-electron chi connectivity index (χ0n) is 26.3. The molecular formula is C37H54O3. The lowest BCUT2D eigenvalue weighted by Gasteiger charge is -2.71. The van der Waals surface area contributed by atoms with Gasteiger partial charge in [-0.2, -0.15) is 0 Å². The van der Waals surface area contributed by atoms with Crippen molar-refractivity contribution in [2.75, 3.05) is 0 Å². The molecule has 0 unspecified atom stereocenters. The highest BCUT2D eigenvalue weighted by Gasteiger charge is 2.69. The fraction of sp³-hybridized carbons (Fsp3) is 0.757. The van der Waals surface area contributed by atoms with Crippen LogP contribution in [0.3, 0.4) is 0 Å². The molecule has 1 N–H and O–H groups in total. The molecule has 0 bridgehead atoms. The van der Waals surface area contributed by atoms with Crippen LogP contribution in [-0.4, -0.2) is 17.2 Å². The third-order valence-electron chi connectivity index (χ3n) is 14.3. The number of benzene rings is 1. The molecule has 6 rings (SSSR count). The second-order valence-corrected chi connectivity index (χ2v) is 16.8. The topological polar surface area (TPSA) is 46.5 Å². The number of fused-ring (bicyclic) bond motifs is 7. The monoisotopic (exact) mass is 546 g/mol. The van der Waals surface area contributed by atoms with Crippen molar-refractivity contribution in [3.63, 3.8) is 0 Å². The summed E-state index contributed by atoms with van der Waals surface area (Å²) in [7, 11) is 0. The number of carbonyl (C=O) groups is 1. The molecule has 3 nitrogen and oxygen atoms in total. The van der Waals surface area contributed by atoms with E-state index in [1.807, 2.05) is 0 Å². The first-order valence-electron chi connectivity index (χ1n) is 16.3. The molecule has 3 heteroatoms. The number of carboxylic acid groups (broad SMARTS) is 1. The van der Waals surface area contributed by atoms with Crippen LogP contribution in [0.15, 0.2) is 42.0 Å². The van der Waals surface area contributed by atoms with Gasteiger partial charge in [0.05, 0.1) is 18.1 Å². The van der Waals surface area contributed by atoms with Gasteiger partial charge in [-0.05, 0) is 115 Å². The van der Waals surface area contributed by atoms with E-state index in [0.29, 0.717) is 18.4 Å². The highest BCUT2D eigenvalue weighted by atomic mass is 16.5. The summed E-state index contributed by atoms with van der Waals surface area (Å²) < 4.78 is 6.69. The average molecular weight is 547 g/mol. The second-order valence-electron chi connectivity index (χ2n) is 16.8. The first kappa shape index (κ1) is 28.5. The zero-order chi connectivity index (χ0) is 28.8. The van der Waals surface area contributed by atoms with Crippen LogP contribution in [0.2, 0.25) is 0 Å². The van der Waals surface area contributed by atoms with E-state index in [0.717, 1.165) is 44.9 Å². The fourth-order valence-electron chi connectivity index (χ4n) is 11.7. The molecule has 0 amide bonds. The van der Waals surface area contributed by atoms with Crippen molar-refractivity contribution < 1.29 is 14.6 Å². The molecule has 40 heavy (non-hydrogen) atoms. The van der Waals surface area contributed by atoms with Gasteiger partial charge in [0.2, 0.25) is 0 Å². The van der Waals surface area contributed by atoms with Crippen LogP contribution in [0.25, 0.3) is 0 Å². The van der Waals surface area contributed by atoms with E-state index in [9.17, 15) is 9.90 Å². The van der Waals surface area contributed by atoms with Gasteiger partial charge in [0.25, 0.3) is 0 Å². The van der Waals surface area contributed by atoms with Gasteiger partial charge in [-0.15, -0.1) is 0 Å². The Kier molecular flexibility index (Phi) is 6.55. The fourth-order valence-corrected chi connectivity index (χ4v) is 11.7. The number of hydrogen-bond donors (Lipinski definition) is 1. The second kappa shape index (κ2) is 9.19. The molecule has 220 valence electrons. The van der Waals surface area contributed by atoms with E-state index >= 15 is 0 Å². The number of ether oxygens (including phenoxy) is 1. The molecule has 0 saturated heterocycles. The molecule has 1 aromatic carbocycles. The van der Waals surface area contributed by atoms with E-state index in [1.54, 1.807) is 0 Å². The van der Waals surface area contributed by atoms with Gasteiger partial charge in [-0.25, -0.2) is 0 Å². The first-order chi connectivity index (χ1) is 18.7. The highest BCUT2D eigenvalue weighted by Crippen LogP contribution is 2.75. The Hall–Kier alpha value is -1.61. The molecule has 5 aliphatic carbocycles. The number of aliphatic carboxylic acids is 1. The van der Waals surface area contributed by atoms with Crippen LogP contribution in [0.4, 0.5) is 0 Å². The summed E-state index contributed by atoms with van der Waals surface area (Å²) in [6.07, 6.45) is 13.6.